The zero-order chi connectivity index (χ0) is 13.4. The number of fused-ring (bicyclic) bond motifs is 1. The van der Waals surface area contributed by atoms with E-state index in [4.69, 9.17) is 9.40 Å². The van der Waals surface area contributed by atoms with Crippen LogP contribution in [0, 0.1) is 0 Å². The normalized spacial score (nSPS) is 18.9. The van der Waals surface area contributed by atoms with E-state index in [-0.39, 0.29) is 0 Å². The summed E-state index contributed by atoms with van der Waals surface area (Å²) in [5, 5.41) is 3.51. The smallest absolute Gasteiger partial charge is 0.160 e. The molecule has 0 bridgehead atoms. The van der Waals surface area contributed by atoms with Gasteiger partial charge >= 0.3 is 0 Å². The summed E-state index contributed by atoms with van der Waals surface area (Å²) in [6.45, 7) is 1.73. The summed E-state index contributed by atoms with van der Waals surface area (Å²) >= 11 is 0. The van der Waals surface area contributed by atoms with E-state index in [9.17, 15) is 0 Å². The summed E-state index contributed by atoms with van der Waals surface area (Å²) in [6, 6.07) is 8.16. The topological polar surface area (TPSA) is 55.9 Å². The Kier molecular flexibility index (Phi) is 2.77. The highest BCUT2D eigenvalue weighted by atomic mass is 16.3. The molecule has 1 aliphatic rings. The monoisotopic (exact) mass is 268 g/mol. The Balaban J connectivity index is 1.83. The first kappa shape index (κ1) is 11.7. The lowest BCUT2D eigenvalue weighted by atomic mass is 10.2. The molecule has 0 amide bonds. The van der Waals surface area contributed by atoms with Crippen LogP contribution in [0.2, 0.25) is 0 Å². The maximum Gasteiger partial charge on any atom is 0.160 e. The number of imidazole rings is 1. The number of nitrogens with zero attached hydrogens (tertiary/aromatic N) is 3. The number of hydrogen-bond donors (Lipinski definition) is 1. The summed E-state index contributed by atoms with van der Waals surface area (Å²) in [5.74, 6) is 1.99. The third kappa shape index (κ3) is 1.91. The van der Waals surface area contributed by atoms with Gasteiger partial charge in [-0.2, -0.15) is 0 Å². The number of furan rings is 1. The number of pyridine rings is 1. The molecule has 1 N–H and O–H groups in total. The number of rotatable bonds is 3. The average Bonchev–Trinajstić information content (AvgIpc) is 3.19. The van der Waals surface area contributed by atoms with E-state index in [1.807, 2.05) is 30.5 Å². The van der Waals surface area contributed by atoms with Gasteiger partial charge in [0.25, 0.3) is 0 Å². The van der Waals surface area contributed by atoms with Crippen molar-refractivity contribution >= 4 is 11.2 Å². The van der Waals surface area contributed by atoms with Crippen molar-refractivity contribution in [1.82, 2.24) is 19.9 Å². The van der Waals surface area contributed by atoms with Gasteiger partial charge in [0, 0.05) is 6.20 Å². The second kappa shape index (κ2) is 4.76. The fraction of sp³-hybridized carbons (Fsp3) is 0.333. The second-order valence-electron chi connectivity index (χ2n) is 5.13. The Labute approximate surface area is 116 Å². The molecule has 3 aromatic heterocycles. The average molecular weight is 268 g/mol. The van der Waals surface area contributed by atoms with Crippen LogP contribution in [0.15, 0.2) is 41.1 Å². The van der Waals surface area contributed by atoms with Crippen LogP contribution in [0.25, 0.3) is 11.2 Å². The van der Waals surface area contributed by atoms with E-state index < -0.39 is 0 Å². The lowest BCUT2D eigenvalue weighted by Gasteiger charge is -2.12. The highest BCUT2D eigenvalue weighted by Crippen LogP contribution is 2.26. The molecule has 1 aliphatic heterocycles. The molecule has 102 valence electrons. The first-order valence-corrected chi connectivity index (χ1v) is 6.99. The number of aromatic nitrogens is 3. The Hall–Kier alpha value is -2.14. The van der Waals surface area contributed by atoms with Crippen LogP contribution in [-0.2, 0) is 6.54 Å². The van der Waals surface area contributed by atoms with Crippen LogP contribution in [0.1, 0.15) is 30.5 Å². The summed E-state index contributed by atoms with van der Waals surface area (Å²) < 4.78 is 7.64. The van der Waals surface area contributed by atoms with E-state index in [1.165, 1.54) is 6.42 Å². The van der Waals surface area contributed by atoms with Crippen LogP contribution in [-0.4, -0.2) is 21.1 Å². The lowest BCUT2D eigenvalue weighted by molar-refractivity contribution is 0.480. The lowest BCUT2D eigenvalue weighted by Crippen LogP contribution is -2.18. The van der Waals surface area contributed by atoms with Crippen molar-refractivity contribution in [3.05, 3.63) is 48.3 Å². The van der Waals surface area contributed by atoms with Crippen LogP contribution >= 0.6 is 0 Å². The van der Waals surface area contributed by atoms with E-state index in [0.29, 0.717) is 12.6 Å². The van der Waals surface area contributed by atoms with Gasteiger partial charge in [-0.25, -0.2) is 9.97 Å². The minimum Gasteiger partial charge on any atom is -0.467 e. The van der Waals surface area contributed by atoms with Gasteiger partial charge in [-0.05, 0) is 43.7 Å². The summed E-state index contributed by atoms with van der Waals surface area (Å²) in [4.78, 5) is 9.26. The molecular weight excluding hydrogens is 252 g/mol. The van der Waals surface area contributed by atoms with Crippen LogP contribution < -0.4 is 5.32 Å². The van der Waals surface area contributed by atoms with Crippen molar-refractivity contribution in [2.24, 2.45) is 0 Å². The minimum absolute atomic E-state index is 0.319. The molecule has 3 aromatic rings. The van der Waals surface area contributed by atoms with Crippen LogP contribution in [0.5, 0.6) is 0 Å². The van der Waals surface area contributed by atoms with E-state index in [1.54, 1.807) is 6.26 Å². The maximum absolute atomic E-state index is 5.48. The van der Waals surface area contributed by atoms with Crippen molar-refractivity contribution in [1.29, 1.82) is 0 Å². The molecule has 0 radical (unpaired) electrons. The summed E-state index contributed by atoms with van der Waals surface area (Å²) in [7, 11) is 0. The molecule has 5 heteroatoms. The van der Waals surface area contributed by atoms with Gasteiger partial charge in [0.1, 0.15) is 17.1 Å². The van der Waals surface area contributed by atoms with Gasteiger partial charge < -0.3 is 14.3 Å². The van der Waals surface area contributed by atoms with Gasteiger partial charge in [-0.1, -0.05) is 0 Å². The van der Waals surface area contributed by atoms with Gasteiger partial charge in [0.05, 0.1) is 18.8 Å². The first-order valence-electron chi connectivity index (χ1n) is 6.99. The van der Waals surface area contributed by atoms with Crippen LogP contribution in [0.3, 0.4) is 0 Å². The number of hydrogen-bond acceptors (Lipinski definition) is 4. The quantitative estimate of drug-likeness (QED) is 0.793. The van der Waals surface area contributed by atoms with E-state index in [2.05, 4.69) is 14.9 Å². The summed E-state index contributed by atoms with van der Waals surface area (Å²) in [5.41, 5.74) is 1.87. The molecule has 1 atom stereocenters. The minimum atomic E-state index is 0.319. The van der Waals surface area contributed by atoms with Gasteiger partial charge in [0.15, 0.2) is 5.65 Å². The third-order valence-corrected chi connectivity index (χ3v) is 3.80. The van der Waals surface area contributed by atoms with E-state index in [0.717, 1.165) is 35.7 Å². The zero-order valence-corrected chi connectivity index (χ0v) is 11.1. The van der Waals surface area contributed by atoms with Crippen molar-refractivity contribution < 1.29 is 4.42 Å². The molecule has 20 heavy (non-hydrogen) atoms. The molecular formula is C15H16N4O. The molecule has 0 aromatic carbocycles. The second-order valence-corrected chi connectivity index (χ2v) is 5.13. The Morgan fingerprint density at radius 1 is 1.35 bits per heavy atom. The third-order valence-electron chi connectivity index (χ3n) is 3.80. The maximum atomic E-state index is 5.48. The zero-order valence-electron chi connectivity index (χ0n) is 11.1. The SMILES string of the molecule is c1coc(Cn2c(C3CCCN3)nc3cccnc32)c1. The van der Waals surface area contributed by atoms with Gasteiger partial charge in [-0.3, -0.25) is 0 Å². The highest BCUT2D eigenvalue weighted by Gasteiger charge is 2.23. The highest BCUT2D eigenvalue weighted by molar-refractivity contribution is 5.71. The Bertz CT molecular complexity index is 711. The van der Waals surface area contributed by atoms with Crippen molar-refractivity contribution in [3.63, 3.8) is 0 Å². The van der Waals surface area contributed by atoms with Crippen molar-refractivity contribution in [2.75, 3.05) is 6.54 Å². The molecule has 0 saturated carbocycles. The molecule has 4 heterocycles. The van der Waals surface area contributed by atoms with E-state index >= 15 is 0 Å². The largest absolute Gasteiger partial charge is 0.467 e. The fourth-order valence-corrected chi connectivity index (χ4v) is 2.86. The predicted octanol–water partition coefficient (Wildman–Crippen LogP) is 2.50. The van der Waals surface area contributed by atoms with Crippen LogP contribution in [0.4, 0.5) is 0 Å². The standard InChI is InChI=1S/C15H16N4O/c1-5-12(16-7-1)15-18-13-6-2-8-17-14(13)19(15)10-11-4-3-9-20-11/h2-4,6,8-9,12,16H,1,5,7,10H2. The van der Waals surface area contributed by atoms with Crippen molar-refractivity contribution in [3.8, 4) is 0 Å². The molecule has 1 unspecified atom stereocenters. The molecule has 0 spiro atoms. The molecule has 1 saturated heterocycles. The summed E-state index contributed by atoms with van der Waals surface area (Å²) in [6.07, 6.45) is 5.84. The van der Waals surface area contributed by atoms with Gasteiger partial charge in [-0.15, -0.1) is 0 Å². The van der Waals surface area contributed by atoms with Gasteiger partial charge in [0.2, 0.25) is 0 Å². The molecule has 5 nitrogen and oxygen atoms in total. The first-order chi connectivity index (χ1) is 9.92. The van der Waals surface area contributed by atoms with Crippen molar-refractivity contribution in [2.45, 2.75) is 25.4 Å². The Morgan fingerprint density at radius 2 is 2.35 bits per heavy atom. The fourth-order valence-electron chi connectivity index (χ4n) is 2.86. The molecule has 0 aliphatic carbocycles. The Morgan fingerprint density at radius 3 is 3.15 bits per heavy atom. The molecule has 4 rings (SSSR count). The predicted molar refractivity (Wildman–Crippen MR) is 75.3 cm³/mol. The molecule has 1 fully saturated rings. The number of nitrogens with one attached hydrogen (secondary N) is 1.